The first-order chi connectivity index (χ1) is 9.54. The van der Waals surface area contributed by atoms with Gasteiger partial charge in [0, 0.05) is 28.6 Å². The van der Waals surface area contributed by atoms with Crippen molar-refractivity contribution in [1.82, 2.24) is 4.98 Å². The van der Waals surface area contributed by atoms with Gasteiger partial charge in [-0.3, -0.25) is 4.98 Å². The molecule has 1 aromatic carbocycles. The Morgan fingerprint density at radius 1 is 1.35 bits per heavy atom. The number of nitrogens with zero attached hydrogens (tertiary/aromatic N) is 1. The highest BCUT2D eigenvalue weighted by Gasteiger charge is 2.13. The molecule has 1 heterocycles. The smallest absolute Gasteiger partial charge is 0.0727 e. The second-order valence-electron chi connectivity index (χ2n) is 5.09. The highest BCUT2D eigenvalue weighted by atomic mass is 35.5. The monoisotopic (exact) mass is 286 g/mol. The Morgan fingerprint density at radius 2 is 2.10 bits per heavy atom. The molecule has 1 N–H and O–H groups in total. The Balaban J connectivity index is 2.70. The molecule has 0 aliphatic carbocycles. The number of nitrogens with one attached hydrogen (secondary N) is 1. The Kier molecular flexibility index (Phi) is 4.52. The van der Waals surface area contributed by atoms with Crippen LogP contribution in [0.2, 0.25) is 5.02 Å². The molecule has 0 aliphatic rings. The molecule has 104 valence electrons. The zero-order valence-corrected chi connectivity index (χ0v) is 13.1. The van der Waals surface area contributed by atoms with Gasteiger partial charge in [-0.05, 0) is 36.6 Å². The Bertz CT molecular complexity index is 693. The molecule has 0 saturated heterocycles. The molecule has 3 heteroatoms. The lowest BCUT2D eigenvalue weighted by Crippen LogP contribution is -2.03. The third-order valence-electron chi connectivity index (χ3n) is 3.23. The molecule has 0 spiro atoms. The summed E-state index contributed by atoms with van der Waals surface area (Å²) in [6.07, 6.45) is 0.826. The number of aromatic nitrogens is 1. The standard InChI is InChI=1S/C17H19ClN2/c1-5-6-9-19-17-12(4)16(11(2)3)20-15-8-7-13(18)10-14(15)17/h7-8,10-11H,5H2,1-4H3,(H,19,20). The van der Waals surface area contributed by atoms with Crippen molar-refractivity contribution in [2.24, 2.45) is 0 Å². The van der Waals surface area contributed by atoms with Crippen LogP contribution in [0.4, 0.5) is 5.69 Å². The second kappa shape index (κ2) is 6.15. The second-order valence-corrected chi connectivity index (χ2v) is 5.53. The van der Waals surface area contributed by atoms with Crippen LogP contribution < -0.4 is 5.32 Å². The lowest BCUT2D eigenvalue weighted by molar-refractivity contribution is 0.820. The van der Waals surface area contributed by atoms with Gasteiger partial charge in [0.15, 0.2) is 0 Å². The van der Waals surface area contributed by atoms with E-state index in [1.165, 1.54) is 0 Å². The first kappa shape index (κ1) is 14.7. The topological polar surface area (TPSA) is 24.9 Å². The molecule has 2 nitrogen and oxygen atoms in total. The molecule has 1 aromatic heterocycles. The van der Waals surface area contributed by atoms with E-state index in [0.29, 0.717) is 10.9 Å². The maximum Gasteiger partial charge on any atom is 0.0727 e. The number of benzene rings is 1. The van der Waals surface area contributed by atoms with E-state index in [1.807, 2.05) is 25.1 Å². The molecule has 0 fully saturated rings. The zero-order valence-electron chi connectivity index (χ0n) is 12.3. The number of hydrogen-bond acceptors (Lipinski definition) is 2. The fraction of sp³-hybridized carbons (Fsp3) is 0.353. The van der Waals surface area contributed by atoms with Crippen LogP contribution in [0.25, 0.3) is 10.9 Å². The lowest BCUT2D eigenvalue weighted by atomic mass is 10.00. The molecule has 0 radical (unpaired) electrons. The predicted octanol–water partition coefficient (Wildman–Crippen LogP) is 5.10. The summed E-state index contributed by atoms with van der Waals surface area (Å²) in [5.41, 5.74) is 4.20. The molecule has 2 aromatic rings. The summed E-state index contributed by atoms with van der Waals surface area (Å²) in [7, 11) is 0. The van der Waals surface area contributed by atoms with Crippen molar-refractivity contribution in [3.05, 3.63) is 34.5 Å². The highest BCUT2D eigenvalue weighted by Crippen LogP contribution is 2.32. The third-order valence-corrected chi connectivity index (χ3v) is 3.46. The van der Waals surface area contributed by atoms with Gasteiger partial charge in [-0.15, -0.1) is 0 Å². The molecule has 0 unspecified atom stereocenters. The van der Waals surface area contributed by atoms with Crippen molar-refractivity contribution in [3.8, 4) is 12.0 Å². The van der Waals surface area contributed by atoms with Gasteiger partial charge in [0.25, 0.3) is 0 Å². The molecule has 20 heavy (non-hydrogen) atoms. The summed E-state index contributed by atoms with van der Waals surface area (Å²) in [4.78, 5) is 4.76. The molecule has 2 rings (SSSR count). The number of fused-ring (bicyclic) bond motifs is 1. The van der Waals surface area contributed by atoms with Crippen LogP contribution in [0.5, 0.6) is 0 Å². The van der Waals surface area contributed by atoms with Crippen LogP contribution in [-0.2, 0) is 0 Å². The first-order valence-electron chi connectivity index (χ1n) is 6.88. The van der Waals surface area contributed by atoms with Crippen LogP contribution in [0, 0.1) is 18.9 Å². The summed E-state index contributed by atoms with van der Waals surface area (Å²) >= 11 is 6.12. The highest BCUT2D eigenvalue weighted by molar-refractivity contribution is 6.31. The van der Waals surface area contributed by atoms with Crippen LogP contribution in [0.3, 0.4) is 0 Å². The van der Waals surface area contributed by atoms with E-state index in [-0.39, 0.29) is 0 Å². The minimum atomic E-state index is 0.370. The largest absolute Gasteiger partial charge is 0.314 e. The molecular weight excluding hydrogens is 268 g/mol. The number of pyridine rings is 1. The molecule has 0 atom stereocenters. The van der Waals surface area contributed by atoms with Gasteiger partial charge in [0.1, 0.15) is 0 Å². The number of rotatable bonds is 2. The molecule has 0 bridgehead atoms. The van der Waals surface area contributed by atoms with Gasteiger partial charge in [-0.1, -0.05) is 38.3 Å². The van der Waals surface area contributed by atoms with E-state index in [4.69, 9.17) is 16.6 Å². The van der Waals surface area contributed by atoms with Gasteiger partial charge in [0.2, 0.25) is 0 Å². The van der Waals surface area contributed by atoms with Gasteiger partial charge in [-0.2, -0.15) is 0 Å². The van der Waals surface area contributed by atoms with E-state index in [2.05, 4.69) is 38.1 Å². The number of hydrogen-bond donors (Lipinski definition) is 1. The quantitative estimate of drug-likeness (QED) is 0.613. The van der Waals surface area contributed by atoms with Gasteiger partial charge < -0.3 is 5.32 Å². The summed E-state index contributed by atoms with van der Waals surface area (Å²) in [5.74, 6) is 3.41. The van der Waals surface area contributed by atoms with Crippen molar-refractivity contribution < 1.29 is 0 Å². The Hall–Kier alpha value is -1.72. The predicted molar refractivity (Wildman–Crippen MR) is 87.3 cm³/mol. The Labute approximate surface area is 125 Å². The van der Waals surface area contributed by atoms with Crippen molar-refractivity contribution in [2.45, 2.75) is 40.0 Å². The molecule has 0 saturated carbocycles. The average molecular weight is 287 g/mol. The van der Waals surface area contributed by atoms with Crippen LogP contribution in [0.15, 0.2) is 18.2 Å². The molecular formula is C17H19ClN2. The van der Waals surface area contributed by atoms with Crippen LogP contribution >= 0.6 is 11.6 Å². The van der Waals surface area contributed by atoms with Crippen LogP contribution in [-0.4, -0.2) is 4.98 Å². The summed E-state index contributed by atoms with van der Waals surface area (Å²) in [5, 5.41) is 4.95. The van der Waals surface area contributed by atoms with E-state index in [1.54, 1.807) is 0 Å². The van der Waals surface area contributed by atoms with E-state index >= 15 is 0 Å². The van der Waals surface area contributed by atoms with Crippen molar-refractivity contribution in [1.29, 1.82) is 0 Å². The third kappa shape index (κ3) is 2.89. The summed E-state index contributed by atoms with van der Waals surface area (Å²) in [6, 6.07) is 8.77. The fourth-order valence-corrected chi connectivity index (χ4v) is 2.44. The normalized spacial score (nSPS) is 10.5. The number of anilines is 1. The maximum absolute atomic E-state index is 6.12. The summed E-state index contributed by atoms with van der Waals surface area (Å²) < 4.78 is 0. The van der Waals surface area contributed by atoms with Crippen LogP contribution in [0.1, 0.15) is 44.4 Å². The summed E-state index contributed by atoms with van der Waals surface area (Å²) in [6.45, 7) is 8.42. The van der Waals surface area contributed by atoms with Gasteiger partial charge >= 0.3 is 0 Å². The van der Waals surface area contributed by atoms with E-state index in [9.17, 15) is 0 Å². The van der Waals surface area contributed by atoms with Crippen molar-refractivity contribution in [3.63, 3.8) is 0 Å². The molecule has 0 amide bonds. The van der Waals surface area contributed by atoms with Crippen molar-refractivity contribution in [2.75, 3.05) is 5.32 Å². The van der Waals surface area contributed by atoms with Gasteiger partial charge in [-0.25, -0.2) is 0 Å². The fourth-order valence-electron chi connectivity index (χ4n) is 2.27. The van der Waals surface area contributed by atoms with E-state index < -0.39 is 0 Å². The van der Waals surface area contributed by atoms with Gasteiger partial charge in [0.05, 0.1) is 11.2 Å². The zero-order chi connectivity index (χ0) is 14.7. The SMILES string of the molecule is CCC#CNc1c(C)c(C(C)C)nc2ccc(Cl)cc12. The maximum atomic E-state index is 6.12. The Morgan fingerprint density at radius 3 is 2.75 bits per heavy atom. The first-order valence-corrected chi connectivity index (χ1v) is 7.26. The lowest BCUT2D eigenvalue weighted by Gasteiger charge is -2.15. The average Bonchev–Trinajstić information content (AvgIpc) is 2.41. The minimum Gasteiger partial charge on any atom is -0.314 e. The van der Waals surface area contributed by atoms with E-state index in [0.717, 1.165) is 34.3 Å². The molecule has 0 aliphatic heterocycles. The van der Waals surface area contributed by atoms with Crippen molar-refractivity contribution >= 4 is 28.2 Å². The number of halogens is 1. The minimum absolute atomic E-state index is 0.370.